The molecule has 8 aromatic carbocycles. The van der Waals surface area contributed by atoms with Gasteiger partial charge in [0.25, 0.3) is 0 Å². The summed E-state index contributed by atoms with van der Waals surface area (Å²) in [7, 11) is 32.4. The van der Waals surface area contributed by atoms with Gasteiger partial charge in [-0.15, -0.1) is 16.4 Å². The van der Waals surface area contributed by atoms with E-state index in [-0.39, 0.29) is 44.1 Å². The average Bonchev–Trinajstić information content (AvgIpc) is 4.06. The highest BCUT2D eigenvalue weighted by atomic mass is 16.3. The van der Waals surface area contributed by atoms with E-state index in [1.807, 2.05) is 60.7 Å². The Hall–Kier alpha value is -7.51. The summed E-state index contributed by atoms with van der Waals surface area (Å²) in [5.41, 5.74) is 13.3. The van der Waals surface area contributed by atoms with Crippen molar-refractivity contribution in [2.24, 2.45) is 0 Å². The first-order valence-electron chi connectivity index (χ1n) is 21.4. The molecule has 0 fully saturated rings. The Kier molecular flexibility index (Phi) is 7.90. The van der Waals surface area contributed by atoms with E-state index in [0.29, 0.717) is 34.0 Å². The molecule has 0 saturated heterocycles. The fraction of sp³-hybridized carbons (Fsp3) is 0.0556. The molecule has 0 atom stereocenters. The monoisotopic (exact) mass is 820 g/mol. The van der Waals surface area contributed by atoms with E-state index < -0.39 is 0 Å². The van der Waals surface area contributed by atoms with Gasteiger partial charge >= 0.3 is 0 Å². The lowest BCUT2D eigenvalue weighted by molar-refractivity contribution is 0.661. The summed E-state index contributed by atoms with van der Waals surface area (Å²) in [6.45, 7) is 4.63. The number of aromatic nitrogens is 4. The lowest BCUT2D eigenvalue weighted by Gasteiger charge is -2.21. The van der Waals surface area contributed by atoms with Crippen LogP contribution in [-0.2, 0) is 5.41 Å². The van der Waals surface area contributed by atoms with Gasteiger partial charge in [0.2, 0.25) is 0 Å². The first-order valence-corrected chi connectivity index (χ1v) is 21.4. The molecule has 0 spiro atoms. The van der Waals surface area contributed by atoms with Crippen molar-refractivity contribution in [1.82, 2.24) is 19.5 Å². The third kappa shape index (κ3) is 5.27. The number of para-hydroxylation sites is 2. The van der Waals surface area contributed by atoms with E-state index in [9.17, 15) is 0 Å². The van der Waals surface area contributed by atoms with Crippen LogP contribution in [0.4, 0.5) is 0 Å². The molecule has 0 amide bonds. The van der Waals surface area contributed by atoms with E-state index in [4.69, 9.17) is 63.0 Å². The molecule has 12 aromatic rings. The summed E-state index contributed by atoms with van der Waals surface area (Å²) >= 11 is 0. The van der Waals surface area contributed by atoms with Gasteiger partial charge in [0.15, 0.2) is 17.5 Å². The second-order valence-corrected chi connectivity index (χ2v) is 17.4. The number of furan rings is 2. The lowest BCUT2D eigenvalue weighted by Crippen LogP contribution is -2.55. The van der Waals surface area contributed by atoms with Crippen LogP contribution in [0.25, 0.3) is 117 Å². The van der Waals surface area contributed by atoms with Crippen LogP contribution in [0.5, 0.6) is 0 Å². The highest BCUT2D eigenvalue weighted by Crippen LogP contribution is 2.51. The molecular weight excluding hydrogens is 791 g/mol. The summed E-state index contributed by atoms with van der Waals surface area (Å²) in [5.74, 6) is 0.908. The third-order valence-electron chi connectivity index (χ3n) is 13.6. The number of rotatable bonds is 4. The Morgan fingerprint density at radius 2 is 0.969 bits per heavy atom. The Morgan fingerprint density at radius 1 is 0.415 bits per heavy atom. The highest BCUT2D eigenvalue weighted by molar-refractivity contribution is 6.68. The maximum atomic E-state index is 6.75. The van der Waals surface area contributed by atoms with Crippen LogP contribution in [-0.4, -0.2) is 58.8 Å². The third-order valence-corrected chi connectivity index (χ3v) is 13.6. The van der Waals surface area contributed by atoms with Crippen LogP contribution in [0, 0.1) is 0 Å². The quantitative estimate of drug-likeness (QED) is 0.168. The molecule has 11 heteroatoms. The first kappa shape index (κ1) is 38.0. The van der Waals surface area contributed by atoms with Crippen LogP contribution < -0.4 is 27.3 Å². The molecule has 0 aliphatic heterocycles. The molecule has 4 aromatic heterocycles. The number of fused-ring (bicyclic) bond motifs is 12. The lowest BCUT2D eigenvalue weighted by atomic mass is 9.60. The van der Waals surface area contributed by atoms with Gasteiger partial charge in [-0.2, -0.15) is 0 Å². The predicted molar refractivity (Wildman–Crippen MR) is 270 cm³/mol. The summed E-state index contributed by atoms with van der Waals surface area (Å²) in [4.78, 5) is 15.3. The maximum absolute atomic E-state index is 6.75. The van der Waals surface area contributed by atoms with E-state index in [0.717, 1.165) is 49.4 Å². The zero-order valence-electron chi connectivity index (χ0n) is 35.3. The summed E-state index contributed by atoms with van der Waals surface area (Å²) in [5, 5.41) is 5.88. The second-order valence-electron chi connectivity index (χ2n) is 17.4. The van der Waals surface area contributed by atoms with Gasteiger partial charge in [-0.3, -0.25) is 0 Å². The normalized spacial score (nSPS) is 13.2. The number of hydrogen-bond acceptors (Lipinski definition) is 5. The fourth-order valence-corrected chi connectivity index (χ4v) is 10.4. The van der Waals surface area contributed by atoms with Crippen molar-refractivity contribution in [3.05, 3.63) is 151 Å². The Labute approximate surface area is 379 Å². The van der Waals surface area contributed by atoms with Gasteiger partial charge in [0.1, 0.15) is 61.6 Å². The molecular formula is C54H29B5N4O2. The standard InChI is InChI=1S/C54H29B5N4O2/c1-54(2)35-16-6-3-11-27(35)33-24-34-28-12-4-7-17-37(28)63(38(34)25-36(33)54)26-21-22-30-42(23-26)65-41-20-10-15-32(44(30)41)52-60-51(31-14-9-19-40-43(31)29-13-5-8-18-39(29)64-40)61-53(62-52)45-46(55)48(57)50(59)49(58)47(45)56/h3-25H,1-2H3. The van der Waals surface area contributed by atoms with E-state index >= 15 is 0 Å². The molecule has 0 bridgehead atoms. The highest BCUT2D eigenvalue weighted by Gasteiger charge is 2.36. The SMILES string of the molecule is [B]c1c([B])c([B])c(-c2nc(-c3cccc4oc5ccccc5c34)nc(-c3cccc4oc5cc(-n6c7ccccc7c7cc8c(cc76)C(C)(C)c6ccccc6-8)ccc5c34)n2)c([B])c1[B]. The van der Waals surface area contributed by atoms with E-state index in [1.54, 1.807) is 0 Å². The van der Waals surface area contributed by atoms with Crippen LogP contribution in [0.3, 0.4) is 0 Å². The van der Waals surface area contributed by atoms with Gasteiger partial charge in [0, 0.05) is 66.2 Å². The molecule has 0 N–H and O–H groups in total. The molecule has 4 heterocycles. The van der Waals surface area contributed by atoms with Crippen molar-refractivity contribution in [2.75, 3.05) is 0 Å². The van der Waals surface area contributed by atoms with Crippen molar-refractivity contribution in [2.45, 2.75) is 19.3 Å². The Balaban J connectivity index is 1.04. The first-order chi connectivity index (χ1) is 31.6. The van der Waals surface area contributed by atoms with Crippen LogP contribution in [0.15, 0.2) is 148 Å². The minimum atomic E-state index is -0.154. The van der Waals surface area contributed by atoms with Gasteiger partial charge in [0.05, 0.1) is 11.0 Å². The molecule has 0 unspecified atom stereocenters. The molecule has 13 rings (SSSR count). The zero-order chi connectivity index (χ0) is 44.0. The molecule has 65 heavy (non-hydrogen) atoms. The summed E-state index contributed by atoms with van der Waals surface area (Å²) in [6.07, 6.45) is 0. The van der Waals surface area contributed by atoms with Crippen LogP contribution in [0.1, 0.15) is 25.0 Å². The van der Waals surface area contributed by atoms with Crippen LogP contribution >= 0.6 is 0 Å². The van der Waals surface area contributed by atoms with Gasteiger partial charge in [-0.25, -0.2) is 15.0 Å². The molecule has 6 nitrogen and oxygen atoms in total. The largest absolute Gasteiger partial charge is 0.456 e. The van der Waals surface area contributed by atoms with Crippen molar-refractivity contribution >= 4 is 132 Å². The van der Waals surface area contributed by atoms with Crippen molar-refractivity contribution in [3.63, 3.8) is 0 Å². The maximum Gasteiger partial charge on any atom is 0.164 e. The molecule has 1 aliphatic rings. The number of hydrogen-bond donors (Lipinski definition) is 0. The molecule has 10 radical (unpaired) electrons. The average molecular weight is 820 g/mol. The zero-order valence-corrected chi connectivity index (χ0v) is 35.3. The topological polar surface area (TPSA) is 69.9 Å². The molecule has 292 valence electrons. The van der Waals surface area contributed by atoms with E-state index in [2.05, 4.69) is 97.3 Å². The predicted octanol–water partition coefficient (Wildman–Crippen LogP) is 8.04. The summed E-state index contributed by atoms with van der Waals surface area (Å²) < 4.78 is 15.4. The number of nitrogens with zero attached hydrogens (tertiary/aromatic N) is 4. The fourth-order valence-electron chi connectivity index (χ4n) is 10.4. The van der Waals surface area contributed by atoms with Crippen LogP contribution in [0.2, 0.25) is 0 Å². The summed E-state index contributed by atoms with van der Waals surface area (Å²) in [6, 6.07) is 48.1. The smallest absolute Gasteiger partial charge is 0.164 e. The number of benzene rings is 8. The Morgan fingerprint density at radius 3 is 1.69 bits per heavy atom. The van der Waals surface area contributed by atoms with Gasteiger partial charge in [-0.1, -0.05) is 110 Å². The molecule has 1 aliphatic carbocycles. The van der Waals surface area contributed by atoms with Crippen molar-refractivity contribution in [1.29, 1.82) is 0 Å². The second kappa shape index (κ2) is 13.5. The Bertz CT molecular complexity index is 4040. The van der Waals surface area contributed by atoms with Gasteiger partial charge in [-0.05, 0) is 70.8 Å². The minimum Gasteiger partial charge on any atom is -0.456 e. The van der Waals surface area contributed by atoms with Crippen molar-refractivity contribution in [3.8, 4) is 51.0 Å². The van der Waals surface area contributed by atoms with Crippen molar-refractivity contribution < 1.29 is 8.83 Å². The molecule has 0 saturated carbocycles. The minimum absolute atomic E-state index is 0.0957. The van der Waals surface area contributed by atoms with Gasteiger partial charge < -0.3 is 13.4 Å². The van der Waals surface area contributed by atoms with E-state index in [1.165, 1.54) is 33.0 Å².